The Labute approximate surface area is 166 Å². The molecule has 28 heavy (non-hydrogen) atoms. The Kier molecular flexibility index (Phi) is 4.73. The highest BCUT2D eigenvalue weighted by atomic mass is 32.1. The van der Waals surface area contributed by atoms with Crippen LogP contribution in [0.1, 0.15) is 29.8 Å². The van der Waals surface area contributed by atoms with Gasteiger partial charge in [-0.1, -0.05) is 42.5 Å². The minimum Gasteiger partial charge on any atom is -0.350 e. The van der Waals surface area contributed by atoms with Crippen molar-refractivity contribution < 1.29 is 4.79 Å². The second kappa shape index (κ2) is 7.20. The van der Waals surface area contributed by atoms with Gasteiger partial charge in [-0.15, -0.1) is 11.3 Å². The summed E-state index contributed by atoms with van der Waals surface area (Å²) in [6, 6.07) is 15.0. The molecule has 0 bridgehead atoms. The van der Waals surface area contributed by atoms with E-state index in [4.69, 9.17) is 0 Å². The number of benzene rings is 2. The number of aromatic nitrogens is 2. The predicted octanol–water partition coefficient (Wildman–Crippen LogP) is 4.11. The first kappa shape index (κ1) is 18.4. The summed E-state index contributed by atoms with van der Waals surface area (Å²) < 4.78 is 3.24. The molecule has 0 radical (unpaired) electrons. The highest BCUT2D eigenvalue weighted by Gasteiger charge is 2.21. The van der Waals surface area contributed by atoms with Crippen LogP contribution in [0.15, 0.2) is 53.3 Å². The number of aryl methyl sites for hydroxylation is 2. The number of fused-ring (bicyclic) bond motifs is 3. The molecule has 0 fully saturated rings. The SMILES string of the molecule is Cc1ccccc1CNC(=O)C(C)n1nc(C)c2sc3ccccc3c2c1=O. The Bertz CT molecular complexity index is 1260. The van der Waals surface area contributed by atoms with Crippen LogP contribution in [0.4, 0.5) is 0 Å². The molecule has 1 N–H and O–H groups in total. The van der Waals surface area contributed by atoms with E-state index in [0.29, 0.717) is 11.9 Å². The third-order valence-corrected chi connectivity index (χ3v) is 6.34. The van der Waals surface area contributed by atoms with Crippen molar-refractivity contribution in [1.29, 1.82) is 0 Å². The zero-order valence-corrected chi connectivity index (χ0v) is 16.8. The third-order valence-electron chi connectivity index (χ3n) is 5.06. The summed E-state index contributed by atoms with van der Waals surface area (Å²) >= 11 is 1.56. The van der Waals surface area contributed by atoms with Gasteiger partial charge in [-0.3, -0.25) is 9.59 Å². The summed E-state index contributed by atoms with van der Waals surface area (Å²) in [7, 11) is 0. The number of thiophene rings is 1. The summed E-state index contributed by atoms with van der Waals surface area (Å²) in [5.74, 6) is -0.226. The normalized spacial score (nSPS) is 12.4. The molecule has 5 nitrogen and oxygen atoms in total. The molecule has 0 saturated carbocycles. The van der Waals surface area contributed by atoms with Gasteiger partial charge in [0.15, 0.2) is 0 Å². The van der Waals surface area contributed by atoms with E-state index in [-0.39, 0.29) is 11.5 Å². The van der Waals surface area contributed by atoms with Crippen molar-refractivity contribution in [2.45, 2.75) is 33.4 Å². The number of hydrogen-bond donors (Lipinski definition) is 1. The van der Waals surface area contributed by atoms with Gasteiger partial charge in [0, 0.05) is 16.6 Å². The smallest absolute Gasteiger partial charge is 0.276 e. The maximum absolute atomic E-state index is 13.2. The van der Waals surface area contributed by atoms with Gasteiger partial charge in [-0.05, 0) is 38.0 Å². The van der Waals surface area contributed by atoms with E-state index >= 15 is 0 Å². The predicted molar refractivity (Wildman–Crippen MR) is 114 cm³/mol. The van der Waals surface area contributed by atoms with E-state index in [1.54, 1.807) is 18.3 Å². The maximum atomic E-state index is 13.2. The molecular formula is C22H21N3O2S. The Morgan fingerprint density at radius 2 is 1.86 bits per heavy atom. The monoisotopic (exact) mass is 391 g/mol. The minimum atomic E-state index is -0.696. The summed E-state index contributed by atoms with van der Waals surface area (Å²) in [6.07, 6.45) is 0. The Balaban J connectivity index is 1.69. The van der Waals surface area contributed by atoms with E-state index in [2.05, 4.69) is 10.4 Å². The first-order valence-corrected chi connectivity index (χ1v) is 10.0. The van der Waals surface area contributed by atoms with Crippen LogP contribution in [0.25, 0.3) is 20.2 Å². The van der Waals surface area contributed by atoms with Crippen LogP contribution >= 0.6 is 11.3 Å². The van der Waals surface area contributed by atoms with Crippen LogP contribution in [-0.2, 0) is 11.3 Å². The molecule has 4 aromatic rings. The topological polar surface area (TPSA) is 64.0 Å². The largest absolute Gasteiger partial charge is 0.350 e. The molecule has 2 aromatic heterocycles. The fourth-order valence-electron chi connectivity index (χ4n) is 3.39. The summed E-state index contributed by atoms with van der Waals surface area (Å²) in [6.45, 7) is 6.02. The number of carbonyl (C=O) groups is 1. The zero-order chi connectivity index (χ0) is 19.8. The average Bonchev–Trinajstić information content (AvgIpc) is 3.10. The second-order valence-corrected chi connectivity index (χ2v) is 8.01. The Morgan fingerprint density at radius 1 is 1.14 bits per heavy atom. The second-order valence-electron chi connectivity index (χ2n) is 6.96. The summed E-state index contributed by atoms with van der Waals surface area (Å²) in [5.41, 5.74) is 2.71. The number of rotatable bonds is 4. The molecular weight excluding hydrogens is 370 g/mol. The highest BCUT2D eigenvalue weighted by Crippen LogP contribution is 2.32. The van der Waals surface area contributed by atoms with Gasteiger partial charge < -0.3 is 5.32 Å². The molecule has 0 saturated heterocycles. The van der Waals surface area contributed by atoms with E-state index in [1.807, 2.05) is 62.4 Å². The first-order chi connectivity index (χ1) is 13.5. The van der Waals surface area contributed by atoms with Gasteiger partial charge in [0.2, 0.25) is 5.91 Å². The van der Waals surface area contributed by atoms with Crippen molar-refractivity contribution in [2.75, 3.05) is 0 Å². The molecule has 0 aliphatic carbocycles. The lowest BCUT2D eigenvalue weighted by Crippen LogP contribution is -2.37. The van der Waals surface area contributed by atoms with Gasteiger partial charge >= 0.3 is 0 Å². The number of carbonyl (C=O) groups excluding carboxylic acids is 1. The summed E-state index contributed by atoms with van der Waals surface area (Å²) in [4.78, 5) is 25.9. The van der Waals surface area contributed by atoms with E-state index < -0.39 is 6.04 Å². The van der Waals surface area contributed by atoms with Crippen molar-refractivity contribution >= 4 is 37.4 Å². The van der Waals surface area contributed by atoms with Crippen LogP contribution in [0.5, 0.6) is 0 Å². The molecule has 6 heteroatoms. The van der Waals surface area contributed by atoms with Crippen LogP contribution in [0.3, 0.4) is 0 Å². The van der Waals surface area contributed by atoms with Crippen molar-refractivity contribution in [1.82, 2.24) is 15.1 Å². The van der Waals surface area contributed by atoms with Gasteiger partial charge in [-0.2, -0.15) is 5.10 Å². The van der Waals surface area contributed by atoms with Gasteiger partial charge in [0.05, 0.1) is 15.8 Å². The zero-order valence-electron chi connectivity index (χ0n) is 16.0. The fourth-order valence-corrected chi connectivity index (χ4v) is 4.53. The van der Waals surface area contributed by atoms with Gasteiger partial charge in [0.25, 0.3) is 5.56 Å². The molecule has 0 aliphatic heterocycles. The van der Waals surface area contributed by atoms with Gasteiger partial charge in [0.1, 0.15) is 6.04 Å². The molecule has 4 rings (SSSR count). The Hall–Kier alpha value is -2.99. The van der Waals surface area contributed by atoms with Crippen molar-refractivity contribution in [3.63, 3.8) is 0 Å². The molecule has 142 valence electrons. The Morgan fingerprint density at radius 3 is 2.64 bits per heavy atom. The quantitative estimate of drug-likeness (QED) is 0.569. The number of nitrogens with zero attached hydrogens (tertiary/aromatic N) is 2. The van der Waals surface area contributed by atoms with Crippen molar-refractivity contribution in [3.05, 3.63) is 75.7 Å². The molecule has 1 unspecified atom stereocenters. The van der Waals surface area contributed by atoms with Crippen LogP contribution in [0, 0.1) is 13.8 Å². The molecule has 1 amide bonds. The average molecular weight is 391 g/mol. The van der Waals surface area contributed by atoms with E-state index in [9.17, 15) is 9.59 Å². The molecule has 0 spiro atoms. The van der Waals surface area contributed by atoms with Gasteiger partial charge in [-0.25, -0.2) is 4.68 Å². The van der Waals surface area contributed by atoms with E-state index in [0.717, 1.165) is 31.6 Å². The van der Waals surface area contributed by atoms with Crippen molar-refractivity contribution in [2.24, 2.45) is 0 Å². The third kappa shape index (κ3) is 3.10. The lowest BCUT2D eigenvalue weighted by Gasteiger charge is -2.15. The number of amides is 1. The number of hydrogen-bond acceptors (Lipinski definition) is 4. The van der Waals surface area contributed by atoms with Crippen LogP contribution < -0.4 is 10.9 Å². The highest BCUT2D eigenvalue weighted by molar-refractivity contribution is 7.26. The number of nitrogens with one attached hydrogen (secondary N) is 1. The maximum Gasteiger partial charge on any atom is 0.276 e. The van der Waals surface area contributed by atoms with Crippen LogP contribution in [-0.4, -0.2) is 15.7 Å². The van der Waals surface area contributed by atoms with Crippen LogP contribution in [0.2, 0.25) is 0 Å². The molecule has 1 atom stereocenters. The van der Waals surface area contributed by atoms with Crippen molar-refractivity contribution in [3.8, 4) is 0 Å². The fraction of sp³-hybridized carbons (Fsp3) is 0.227. The van der Waals surface area contributed by atoms with E-state index in [1.165, 1.54) is 4.68 Å². The lowest BCUT2D eigenvalue weighted by molar-refractivity contribution is -0.124. The standard InChI is InChI=1S/C22H21N3O2S/c1-13-8-4-5-9-16(13)12-23-21(26)15(3)25-22(27)19-17-10-6-7-11-18(17)28-20(19)14(2)24-25/h4-11,15H,12H2,1-3H3,(H,23,26). The minimum absolute atomic E-state index is 0.225. The molecule has 2 aromatic carbocycles. The molecule has 2 heterocycles. The summed E-state index contributed by atoms with van der Waals surface area (Å²) in [5, 5.41) is 8.93. The lowest BCUT2D eigenvalue weighted by atomic mass is 10.1. The molecule has 0 aliphatic rings. The first-order valence-electron chi connectivity index (χ1n) is 9.20.